The van der Waals surface area contributed by atoms with Crippen LogP contribution in [0.25, 0.3) is 0 Å². The van der Waals surface area contributed by atoms with E-state index in [4.69, 9.17) is 0 Å². The number of imidazole rings is 1. The van der Waals surface area contributed by atoms with Crippen molar-refractivity contribution in [2.45, 2.75) is 51.7 Å². The second kappa shape index (κ2) is 4.85. The van der Waals surface area contributed by atoms with Crippen LogP contribution in [0.2, 0.25) is 0 Å². The lowest BCUT2D eigenvalue weighted by molar-refractivity contribution is 0.155. The van der Waals surface area contributed by atoms with Gasteiger partial charge in [0.2, 0.25) is 0 Å². The van der Waals surface area contributed by atoms with Crippen LogP contribution in [0.4, 0.5) is 0 Å². The average Bonchev–Trinajstić information content (AvgIpc) is 3.01. The van der Waals surface area contributed by atoms with Crippen molar-refractivity contribution in [2.24, 2.45) is 0 Å². The largest absolute Gasteiger partial charge is 0.388 e. The molecule has 4 heteroatoms. The minimum atomic E-state index is -0.294. The molecule has 2 atom stereocenters. The van der Waals surface area contributed by atoms with Crippen molar-refractivity contribution in [3.8, 4) is 0 Å². The zero-order valence-corrected chi connectivity index (χ0v) is 11.6. The lowest BCUT2D eigenvalue weighted by atomic mass is 9.95. The highest BCUT2D eigenvalue weighted by Crippen LogP contribution is 2.35. The van der Waals surface area contributed by atoms with Crippen LogP contribution in [0, 0.1) is 6.92 Å². The molecule has 19 heavy (non-hydrogen) atoms. The van der Waals surface area contributed by atoms with Gasteiger partial charge in [-0.25, -0.2) is 4.98 Å². The number of hydrogen-bond acceptors (Lipinski definition) is 2. The summed E-state index contributed by atoms with van der Waals surface area (Å²) >= 11 is 0. The Morgan fingerprint density at radius 3 is 3.11 bits per heavy atom. The van der Waals surface area contributed by atoms with Crippen molar-refractivity contribution in [2.75, 3.05) is 0 Å². The maximum absolute atomic E-state index is 10.1. The van der Waals surface area contributed by atoms with Crippen LogP contribution in [0.15, 0.2) is 18.5 Å². The van der Waals surface area contributed by atoms with E-state index in [1.165, 1.54) is 11.4 Å². The number of aromatic nitrogens is 3. The summed E-state index contributed by atoms with van der Waals surface area (Å²) in [5.74, 6) is 1.00. The third-order valence-electron chi connectivity index (χ3n) is 4.15. The summed E-state index contributed by atoms with van der Waals surface area (Å²) in [4.78, 5) is 7.64. The molecule has 2 N–H and O–H groups in total. The second-order valence-corrected chi connectivity index (χ2v) is 5.36. The van der Waals surface area contributed by atoms with Gasteiger partial charge in [-0.15, -0.1) is 0 Å². The molecule has 0 aromatic carbocycles. The van der Waals surface area contributed by atoms with E-state index in [2.05, 4.69) is 34.4 Å². The number of rotatable bonds is 3. The fourth-order valence-electron chi connectivity index (χ4n) is 3.29. The first kappa shape index (κ1) is 12.5. The molecule has 102 valence electrons. The first-order valence-corrected chi connectivity index (χ1v) is 7.10. The number of hydrogen-bond donors (Lipinski definition) is 2. The molecule has 1 aliphatic carbocycles. The van der Waals surface area contributed by atoms with Gasteiger partial charge >= 0.3 is 0 Å². The lowest BCUT2D eigenvalue weighted by Gasteiger charge is -2.24. The normalized spacial score (nSPS) is 20.3. The number of aliphatic hydroxyl groups excluding tert-OH is 1. The van der Waals surface area contributed by atoms with Crippen LogP contribution in [-0.2, 0) is 6.42 Å². The van der Waals surface area contributed by atoms with Gasteiger partial charge < -0.3 is 14.7 Å². The fraction of sp³-hybridized carbons (Fsp3) is 0.533. The van der Waals surface area contributed by atoms with Crippen LogP contribution in [0.1, 0.15) is 61.1 Å². The van der Waals surface area contributed by atoms with Crippen molar-refractivity contribution < 1.29 is 5.11 Å². The Balaban J connectivity index is 2.09. The Morgan fingerprint density at radius 1 is 1.58 bits per heavy atom. The van der Waals surface area contributed by atoms with Crippen molar-refractivity contribution in [1.82, 2.24) is 14.5 Å². The topological polar surface area (TPSA) is 53.8 Å². The molecular formula is C15H21N3O. The molecule has 2 unspecified atom stereocenters. The van der Waals surface area contributed by atoms with Gasteiger partial charge in [0.05, 0.1) is 12.1 Å². The van der Waals surface area contributed by atoms with Gasteiger partial charge in [0.15, 0.2) is 0 Å². The molecule has 0 fully saturated rings. The lowest BCUT2D eigenvalue weighted by Crippen LogP contribution is -2.18. The number of nitrogens with zero attached hydrogens (tertiary/aromatic N) is 2. The molecule has 0 saturated heterocycles. The summed E-state index contributed by atoms with van der Waals surface area (Å²) in [5.41, 5.74) is 3.63. The molecule has 0 amide bonds. The van der Waals surface area contributed by atoms with Crippen LogP contribution >= 0.6 is 0 Å². The predicted octanol–water partition coefficient (Wildman–Crippen LogP) is 2.89. The van der Waals surface area contributed by atoms with E-state index < -0.39 is 0 Å². The summed E-state index contributed by atoms with van der Waals surface area (Å²) in [7, 11) is 0. The summed E-state index contributed by atoms with van der Waals surface area (Å²) in [6.07, 6.45) is 7.37. The smallest absolute Gasteiger partial charge is 0.129 e. The number of nitrogens with one attached hydrogen (secondary N) is 1. The summed E-state index contributed by atoms with van der Waals surface area (Å²) in [6, 6.07) is 2.38. The molecule has 3 rings (SSSR count). The maximum atomic E-state index is 10.1. The van der Waals surface area contributed by atoms with Gasteiger partial charge in [0.25, 0.3) is 0 Å². The Morgan fingerprint density at radius 2 is 2.42 bits per heavy atom. The van der Waals surface area contributed by atoms with Crippen LogP contribution in [0.3, 0.4) is 0 Å². The number of H-pyrrole nitrogens is 1. The monoisotopic (exact) mass is 259 g/mol. The molecule has 0 aliphatic heterocycles. The molecule has 0 radical (unpaired) electrons. The molecule has 2 aromatic heterocycles. The van der Waals surface area contributed by atoms with E-state index in [1.54, 1.807) is 6.20 Å². The summed E-state index contributed by atoms with van der Waals surface area (Å²) in [6.45, 7) is 4.30. The van der Waals surface area contributed by atoms with Crippen molar-refractivity contribution in [1.29, 1.82) is 0 Å². The number of aryl methyl sites for hydroxylation is 1. The summed E-state index contributed by atoms with van der Waals surface area (Å²) in [5, 5.41) is 10.1. The maximum Gasteiger partial charge on any atom is 0.129 e. The highest BCUT2D eigenvalue weighted by atomic mass is 16.3. The van der Waals surface area contributed by atoms with Crippen molar-refractivity contribution in [3.05, 3.63) is 41.2 Å². The molecule has 1 aliphatic rings. The van der Waals surface area contributed by atoms with E-state index in [0.29, 0.717) is 0 Å². The first-order valence-electron chi connectivity index (χ1n) is 7.10. The summed E-state index contributed by atoms with van der Waals surface area (Å²) < 4.78 is 2.36. The van der Waals surface area contributed by atoms with Gasteiger partial charge in [-0.1, -0.05) is 6.92 Å². The molecular weight excluding hydrogens is 238 g/mol. The van der Waals surface area contributed by atoms with Gasteiger partial charge in [-0.05, 0) is 38.7 Å². The zero-order valence-electron chi connectivity index (χ0n) is 11.6. The van der Waals surface area contributed by atoms with Gasteiger partial charge in [0, 0.05) is 29.3 Å². The van der Waals surface area contributed by atoms with Crippen LogP contribution in [-0.4, -0.2) is 19.6 Å². The molecule has 0 saturated carbocycles. The molecule has 0 bridgehead atoms. The van der Waals surface area contributed by atoms with Gasteiger partial charge in [-0.2, -0.15) is 0 Å². The molecule has 2 heterocycles. The van der Waals surface area contributed by atoms with Crippen LogP contribution < -0.4 is 0 Å². The van der Waals surface area contributed by atoms with Crippen LogP contribution in [0.5, 0.6) is 0 Å². The third kappa shape index (κ3) is 2.00. The Bertz CT molecular complexity index is 556. The zero-order chi connectivity index (χ0) is 13.4. The molecule has 0 spiro atoms. The molecule has 2 aromatic rings. The molecule has 4 nitrogen and oxygen atoms in total. The SMILES string of the molecule is CCC(c1ncc[nH]1)n1c(C)cc2c1CCCC2O. The van der Waals surface area contributed by atoms with E-state index >= 15 is 0 Å². The Kier molecular flexibility index (Phi) is 3.19. The highest BCUT2D eigenvalue weighted by Gasteiger charge is 2.27. The van der Waals surface area contributed by atoms with Gasteiger partial charge in [0.1, 0.15) is 5.82 Å². The van der Waals surface area contributed by atoms with Crippen molar-refractivity contribution in [3.63, 3.8) is 0 Å². The Hall–Kier alpha value is -1.55. The minimum Gasteiger partial charge on any atom is -0.388 e. The third-order valence-corrected chi connectivity index (χ3v) is 4.15. The first-order chi connectivity index (χ1) is 9.22. The standard InChI is InChI=1S/C15H21N3O/c1-3-12(15-16-7-8-17-15)18-10(2)9-11-13(18)5-4-6-14(11)19/h7-9,12,14,19H,3-6H2,1-2H3,(H,16,17). The van der Waals surface area contributed by atoms with Crippen molar-refractivity contribution >= 4 is 0 Å². The highest BCUT2D eigenvalue weighted by molar-refractivity contribution is 5.33. The predicted molar refractivity (Wildman–Crippen MR) is 74.1 cm³/mol. The van der Waals surface area contributed by atoms with E-state index in [9.17, 15) is 5.11 Å². The quantitative estimate of drug-likeness (QED) is 0.890. The Labute approximate surface area is 113 Å². The fourth-order valence-corrected chi connectivity index (χ4v) is 3.29. The minimum absolute atomic E-state index is 0.240. The number of aliphatic hydroxyl groups is 1. The van der Waals surface area contributed by atoms with E-state index in [-0.39, 0.29) is 12.1 Å². The second-order valence-electron chi connectivity index (χ2n) is 5.36. The number of fused-ring (bicyclic) bond motifs is 1. The van der Waals surface area contributed by atoms with Gasteiger partial charge in [-0.3, -0.25) is 0 Å². The van der Waals surface area contributed by atoms with E-state index in [1.807, 2.05) is 6.20 Å². The van der Waals surface area contributed by atoms with E-state index in [0.717, 1.165) is 37.1 Å². The number of aromatic amines is 1. The average molecular weight is 259 g/mol.